The van der Waals surface area contributed by atoms with Crippen LogP contribution in [0.25, 0.3) is 11.1 Å². The molecule has 1 unspecified atom stereocenters. The van der Waals surface area contributed by atoms with Gasteiger partial charge < -0.3 is 0 Å². The molecule has 4 rings (SSSR count). The molecule has 130 valence electrons. The van der Waals surface area contributed by atoms with Crippen LogP contribution in [-0.4, -0.2) is 21.4 Å². The van der Waals surface area contributed by atoms with E-state index in [2.05, 4.69) is 21.0 Å². The second kappa shape index (κ2) is 6.65. The predicted octanol–water partition coefficient (Wildman–Crippen LogP) is 5.23. The van der Waals surface area contributed by atoms with E-state index in [4.69, 9.17) is 4.99 Å². The first-order valence-electron chi connectivity index (χ1n) is 8.53. The van der Waals surface area contributed by atoms with Crippen molar-refractivity contribution in [2.75, 3.05) is 0 Å². The summed E-state index contributed by atoms with van der Waals surface area (Å²) >= 11 is 3.44. The van der Waals surface area contributed by atoms with Gasteiger partial charge in [-0.3, -0.25) is 4.79 Å². The van der Waals surface area contributed by atoms with Crippen LogP contribution in [-0.2, 0) is 6.42 Å². The van der Waals surface area contributed by atoms with E-state index in [1.54, 1.807) is 0 Å². The van der Waals surface area contributed by atoms with Crippen LogP contribution in [0.3, 0.4) is 0 Å². The fourth-order valence-electron chi connectivity index (χ4n) is 3.38. The molecular weight excluding hydrogens is 390 g/mol. The minimum absolute atomic E-state index is 0.0132. The van der Waals surface area contributed by atoms with Crippen molar-refractivity contribution < 1.29 is 4.79 Å². The van der Waals surface area contributed by atoms with Gasteiger partial charge >= 0.3 is 0 Å². The van der Waals surface area contributed by atoms with Crippen molar-refractivity contribution in [1.82, 2.24) is 9.78 Å². The molecule has 3 aromatic rings. The Morgan fingerprint density at radius 1 is 1.04 bits per heavy atom. The van der Waals surface area contributed by atoms with Crippen LogP contribution in [0.4, 0.5) is 5.82 Å². The third-order valence-electron chi connectivity index (χ3n) is 4.74. The van der Waals surface area contributed by atoms with Crippen molar-refractivity contribution in [3.8, 4) is 11.1 Å². The number of benzene rings is 2. The number of aliphatic imine (C=N–C) groups is 1. The average molecular weight is 408 g/mol. The lowest BCUT2D eigenvalue weighted by molar-refractivity contribution is 0.0852. The van der Waals surface area contributed by atoms with Crippen LogP contribution in [0.2, 0.25) is 0 Å². The molecule has 4 nitrogen and oxygen atoms in total. The molecule has 0 N–H and O–H groups in total. The quantitative estimate of drug-likeness (QED) is 0.596. The van der Waals surface area contributed by atoms with Crippen LogP contribution in [0.1, 0.15) is 23.0 Å². The number of hydrogen-bond acceptors (Lipinski definition) is 3. The second-order valence-electron chi connectivity index (χ2n) is 6.54. The summed E-state index contributed by atoms with van der Waals surface area (Å²) in [6.07, 6.45) is 0.625. The molecule has 1 aromatic heterocycles. The predicted molar refractivity (Wildman–Crippen MR) is 107 cm³/mol. The van der Waals surface area contributed by atoms with E-state index < -0.39 is 0 Å². The zero-order valence-corrected chi connectivity index (χ0v) is 16.2. The fourth-order valence-corrected chi connectivity index (χ4v) is 3.64. The number of hydrogen-bond donors (Lipinski definition) is 0. The van der Waals surface area contributed by atoms with Gasteiger partial charge in [0, 0.05) is 15.7 Å². The lowest BCUT2D eigenvalue weighted by Crippen LogP contribution is -2.33. The molecule has 0 amide bonds. The summed E-state index contributed by atoms with van der Waals surface area (Å²) in [5.74, 6) is 0.343. The number of halogens is 1. The highest BCUT2D eigenvalue weighted by Gasteiger charge is 2.33. The summed E-state index contributed by atoms with van der Waals surface area (Å²) in [6.45, 7) is 3.86. The summed E-state index contributed by atoms with van der Waals surface area (Å²) in [4.78, 5) is 17.9. The van der Waals surface area contributed by atoms with Crippen LogP contribution in [0.15, 0.2) is 64.1 Å². The number of aryl methyl sites for hydroxylation is 1. The molecule has 0 fully saturated rings. The van der Waals surface area contributed by atoms with E-state index in [0.717, 1.165) is 32.6 Å². The number of nitrogens with zero attached hydrogens (tertiary/aromatic N) is 3. The maximum atomic E-state index is 13.1. The Balaban J connectivity index is 1.74. The zero-order chi connectivity index (χ0) is 18.3. The van der Waals surface area contributed by atoms with Crippen molar-refractivity contribution in [2.24, 2.45) is 10.9 Å². The minimum Gasteiger partial charge on any atom is -0.272 e. The number of carbonyl (C=O) groups is 1. The second-order valence-corrected chi connectivity index (χ2v) is 7.45. The Hall–Kier alpha value is -2.53. The summed E-state index contributed by atoms with van der Waals surface area (Å²) in [6, 6.07) is 18.0. The Morgan fingerprint density at radius 3 is 2.42 bits per heavy atom. The van der Waals surface area contributed by atoms with Gasteiger partial charge in [0.25, 0.3) is 5.91 Å². The summed E-state index contributed by atoms with van der Waals surface area (Å²) in [5.41, 5.74) is 4.72. The Labute approximate surface area is 160 Å². The Morgan fingerprint density at radius 2 is 1.73 bits per heavy atom. The normalized spacial score (nSPS) is 16.3. The van der Waals surface area contributed by atoms with Gasteiger partial charge in [0.1, 0.15) is 0 Å². The van der Waals surface area contributed by atoms with Crippen LogP contribution in [0, 0.1) is 12.8 Å². The molecule has 1 aliphatic heterocycles. The number of rotatable bonds is 3. The van der Waals surface area contributed by atoms with Crippen molar-refractivity contribution in [2.45, 2.75) is 20.3 Å². The third-order valence-corrected chi connectivity index (χ3v) is 5.27. The number of carbonyl (C=O) groups excluding carboxylic acids is 1. The number of aromatic nitrogens is 2. The van der Waals surface area contributed by atoms with Gasteiger partial charge in [-0.25, -0.2) is 4.99 Å². The lowest BCUT2D eigenvalue weighted by Gasteiger charge is -2.21. The van der Waals surface area contributed by atoms with Crippen molar-refractivity contribution in [1.29, 1.82) is 0 Å². The van der Waals surface area contributed by atoms with E-state index in [-0.39, 0.29) is 11.8 Å². The highest BCUT2D eigenvalue weighted by Crippen LogP contribution is 2.37. The van der Waals surface area contributed by atoms with E-state index >= 15 is 0 Å². The summed E-state index contributed by atoms with van der Waals surface area (Å²) < 4.78 is 2.51. The molecule has 26 heavy (non-hydrogen) atoms. The SMILES string of the molecule is CC1=Nc2c(-c3ccccc3)c(C)nn2C(=O)C1Cc1ccc(Br)cc1. The standard InChI is InChI=1S/C21H18BrN3O/c1-13-18(12-15-8-10-17(22)11-9-15)21(26)25-20(23-13)19(14(2)24-25)16-6-4-3-5-7-16/h3-11,18H,12H2,1-2H3. The molecule has 0 spiro atoms. The van der Waals surface area contributed by atoms with Gasteiger partial charge in [-0.15, -0.1) is 0 Å². The lowest BCUT2D eigenvalue weighted by atomic mass is 9.93. The van der Waals surface area contributed by atoms with Gasteiger partial charge in [0.2, 0.25) is 0 Å². The molecular formula is C21H18BrN3O. The van der Waals surface area contributed by atoms with Crippen LogP contribution < -0.4 is 0 Å². The van der Waals surface area contributed by atoms with Gasteiger partial charge in [-0.1, -0.05) is 58.4 Å². The monoisotopic (exact) mass is 407 g/mol. The molecule has 0 aliphatic carbocycles. The fraction of sp³-hybridized carbons (Fsp3) is 0.190. The minimum atomic E-state index is -0.286. The molecule has 0 saturated heterocycles. The Bertz CT molecular complexity index is 1000. The summed E-state index contributed by atoms with van der Waals surface area (Å²) in [7, 11) is 0. The van der Waals surface area contributed by atoms with E-state index in [1.807, 2.05) is 68.4 Å². The van der Waals surface area contributed by atoms with E-state index in [1.165, 1.54) is 4.68 Å². The molecule has 2 aromatic carbocycles. The first kappa shape index (κ1) is 16.9. The van der Waals surface area contributed by atoms with Crippen molar-refractivity contribution >= 4 is 33.4 Å². The first-order valence-corrected chi connectivity index (χ1v) is 9.33. The van der Waals surface area contributed by atoms with Gasteiger partial charge in [-0.05, 0) is 43.5 Å². The molecule has 0 radical (unpaired) electrons. The average Bonchev–Trinajstić information content (AvgIpc) is 2.97. The molecule has 1 atom stereocenters. The topological polar surface area (TPSA) is 47.2 Å². The van der Waals surface area contributed by atoms with Crippen LogP contribution in [0.5, 0.6) is 0 Å². The number of fused-ring (bicyclic) bond motifs is 1. The van der Waals surface area contributed by atoms with Crippen molar-refractivity contribution in [3.05, 3.63) is 70.3 Å². The first-order chi connectivity index (χ1) is 12.5. The van der Waals surface area contributed by atoms with Gasteiger partial charge in [-0.2, -0.15) is 9.78 Å². The van der Waals surface area contributed by atoms with Gasteiger partial charge in [0.15, 0.2) is 5.82 Å². The molecule has 5 heteroatoms. The smallest absolute Gasteiger partial charge is 0.257 e. The largest absolute Gasteiger partial charge is 0.272 e. The van der Waals surface area contributed by atoms with Crippen LogP contribution >= 0.6 is 15.9 Å². The van der Waals surface area contributed by atoms with E-state index in [9.17, 15) is 4.79 Å². The maximum Gasteiger partial charge on any atom is 0.257 e. The molecule has 0 bridgehead atoms. The molecule has 0 saturated carbocycles. The maximum absolute atomic E-state index is 13.1. The highest BCUT2D eigenvalue weighted by molar-refractivity contribution is 9.10. The molecule has 2 heterocycles. The Kier molecular flexibility index (Phi) is 4.32. The summed E-state index contributed by atoms with van der Waals surface area (Å²) in [5, 5.41) is 4.50. The molecule has 1 aliphatic rings. The highest BCUT2D eigenvalue weighted by atomic mass is 79.9. The third kappa shape index (κ3) is 2.92. The van der Waals surface area contributed by atoms with Crippen molar-refractivity contribution in [3.63, 3.8) is 0 Å². The zero-order valence-electron chi connectivity index (χ0n) is 14.6. The van der Waals surface area contributed by atoms with E-state index in [0.29, 0.717) is 12.2 Å². The van der Waals surface area contributed by atoms with Gasteiger partial charge in [0.05, 0.1) is 11.6 Å².